The Morgan fingerprint density at radius 3 is 2.85 bits per heavy atom. The molecule has 1 saturated heterocycles. The summed E-state index contributed by atoms with van der Waals surface area (Å²) in [5.41, 5.74) is 2.87. The van der Waals surface area contributed by atoms with Crippen LogP contribution in [0.15, 0.2) is 42.5 Å². The van der Waals surface area contributed by atoms with Crippen molar-refractivity contribution in [1.29, 1.82) is 0 Å². The van der Waals surface area contributed by atoms with E-state index in [1.165, 1.54) is 11.9 Å². The van der Waals surface area contributed by atoms with Gasteiger partial charge in [-0.25, -0.2) is 0 Å². The number of benzene rings is 2. The van der Waals surface area contributed by atoms with Gasteiger partial charge in [0.25, 0.3) is 0 Å². The predicted molar refractivity (Wildman–Crippen MR) is 130 cm³/mol. The van der Waals surface area contributed by atoms with Crippen LogP contribution in [-0.2, 0) is 20.8 Å². The van der Waals surface area contributed by atoms with Gasteiger partial charge in [0.1, 0.15) is 6.61 Å². The summed E-state index contributed by atoms with van der Waals surface area (Å²) in [6.07, 6.45) is 2.88. The molecule has 0 spiro atoms. The fourth-order valence-electron chi connectivity index (χ4n) is 3.66. The Balaban J connectivity index is 1.40. The normalized spacial score (nSPS) is 19.9. The summed E-state index contributed by atoms with van der Waals surface area (Å²) in [5.74, 6) is 5.48. The molecule has 2 aromatic carbocycles. The second-order valence-corrected chi connectivity index (χ2v) is 9.50. The molecule has 2 heterocycles. The fourth-order valence-corrected chi connectivity index (χ4v) is 4.77. The SMILES string of the molecule is CN1SC(C(=O)NCc2ccc(Cl)cc2)C(=O)c2cc(C#CCOC3CCCCO3)ccc21. The number of hydrogen-bond acceptors (Lipinski definition) is 6. The van der Waals surface area contributed by atoms with E-state index in [0.717, 1.165) is 37.1 Å². The molecular formula is C25H25ClN2O4S. The molecule has 2 aromatic rings. The molecule has 2 atom stereocenters. The van der Waals surface area contributed by atoms with Crippen molar-refractivity contribution >= 4 is 40.9 Å². The third kappa shape index (κ3) is 6.10. The first-order valence-corrected chi connectivity index (χ1v) is 12.1. The topological polar surface area (TPSA) is 67.9 Å². The number of amides is 1. The average molecular weight is 485 g/mol. The molecule has 33 heavy (non-hydrogen) atoms. The second kappa shape index (κ2) is 11.1. The molecule has 0 saturated carbocycles. The molecule has 2 aliphatic heterocycles. The van der Waals surface area contributed by atoms with E-state index in [1.807, 2.05) is 35.6 Å². The number of rotatable bonds is 5. The van der Waals surface area contributed by atoms with Gasteiger partial charge in [0.05, 0.1) is 5.69 Å². The van der Waals surface area contributed by atoms with E-state index in [9.17, 15) is 9.59 Å². The van der Waals surface area contributed by atoms with Gasteiger partial charge in [-0.1, -0.05) is 35.6 Å². The molecule has 0 bridgehead atoms. The molecule has 1 fully saturated rings. The van der Waals surface area contributed by atoms with Crippen molar-refractivity contribution in [2.75, 3.05) is 24.6 Å². The van der Waals surface area contributed by atoms with Gasteiger partial charge in [0.2, 0.25) is 5.91 Å². The van der Waals surface area contributed by atoms with Gasteiger partial charge in [-0.3, -0.25) is 9.59 Å². The van der Waals surface area contributed by atoms with E-state index < -0.39 is 5.25 Å². The Hall–Kier alpha value is -2.50. The van der Waals surface area contributed by atoms with Crippen LogP contribution in [0.4, 0.5) is 5.69 Å². The number of hydrogen-bond donors (Lipinski definition) is 1. The highest BCUT2D eigenvalue weighted by molar-refractivity contribution is 8.02. The number of nitrogens with zero attached hydrogens (tertiary/aromatic N) is 1. The van der Waals surface area contributed by atoms with Gasteiger partial charge in [-0.2, -0.15) is 0 Å². The first kappa shape index (κ1) is 23.7. The monoisotopic (exact) mass is 484 g/mol. The zero-order valence-corrected chi connectivity index (χ0v) is 19.9. The van der Waals surface area contributed by atoms with E-state index >= 15 is 0 Å². The van der Waals surface area contributed by atoms with Crippen molar-refractivity contribution in [1.82, 2.24) is 5.32 Å². The Labute approximate surface area is 203 Å². The standard InChI is InChI=1S/C25H25ClN2O4S/c1-28-21-12-9-17(5-4-14-32-22-6-2-3-13-31-22)15-20(21)23(29)24(33-28)25(30)27-16-18-7-10-19(26)11-8-18/h7-12,15,22,24H,2-3,6,13-14,16H2,1H3,(H,27,30). The summed E-state index contributed by atoms with van der Waals surface area (Å²) in [5, 5.41) is 2.63. The number of nitrogens with one attached hydrogen (secondary N) is 1. The Kier molecular flexibility index (Phi) is 7.94. The third-order valence-electron chi connectivity index (χ3n) is 5.43. The third-order valence-corrected chi connectivity index (χ3v) is 6.84. The number of halogens is 1. The minimum atomic E-state index is -0.857. The summed E-state index contributed by atoms with van der Waals surface area (Å²) in [4.78, 5) is 25.9. The van der Waals surface area contributed by atoms with Crippen molar-refractivity contribution in [3.05, 3.63) is 64.2 Å². The number of Topliss-reactive ketones (excluding diaryl/α,β-unsaturated/α-hetero) is 1. The van der Waals surface area contributed by atoms with Gasteiger partial charge in [0.15, 0.2) is 17.3 Å². The summed E-state index contributed by atoms with van der Waals surface area (Å²) in [7, 11) is 1.85. The molecular weight excluding hydrogens is 460 g/mol. The van der Waals surface area contributed by atoms with Gasteiger partial charge in [-0.05, 0) is 67.1 Å². The Bertz CT molecular complexity index is 1070. The average Bonchev–Trinajstić information content (AvgIpc) is 2.84. The lowest BCUT2D eigenvalue weighted by atomic mass is 10.0. The number of anilines is 1. The molecule has 0 aliphatic carbocycles. The molecule has 4 rings (SSSR count). The highest BCUT2D eigenvalue weighted by atomic mass is 35.5. The lowest BCUT2D eigenvalue weighted by Crippen LogP contribution is -2.42. The quantitative estimate of drug-likeness (QED) is 0.390. The fraction of sp³-hybridized carbons (Fsp3) is 0.360. The number of carbonyl (C=O) groups is 2. The van der Waals surface area contributed by atoms with Gasteiger partial charge < -0.3 is 19.1 Å². The van der Waals surface area contributed by atoms with Crippen LogP contribution in [0.5, 0.6) is 0 Å². The zero-order chi connectivity index (χ0) is 23.2. The minimum absolute atomic E-state index is 0.184. The van der Waals surface area contributed by atoms with Gasteiger partial charge in [0, 0.05) is 36.3 Å². The van der Waals surface area contributed by atoms with Crippen LogP contribution in [0.3, 0.4) is 0 Å². The summed E-state index contributed by atoms with van der Waals surface area (Å²) in [6.45, 7) is 1.32. The van der Waals surface area contributed by atoms with Crippen LogP contribution in [0.1, 0.15) is 40.7 Å². The van der Waals surface area contributed by atoms with E-state index in [4.69, 9.17) is 21.1 Å². The summed E-state index contributed by atoms with van der Waals surface area (Å²) in [6, 6.07) is 12.7. The Morgan fingerprint density at radius 2 is 2.09 bits per heavy atom. The van der Waals surface area contributed by atoms with Crippen LogP contribution in [-0.4, -0.2) is 43.5 Å². The van der Waals surface area contributed by atoms with E-state index in [0.29, 0.717) is 22.7 Å². The largest absolute Gasteiger partial charge is 0.353 e. The highest BCUT2D eigenvalue weighted by Crippen LogP contribution is 2.36. The van der Waals surface area contributed by atoms with Crippen LogP contribution in [0, 0.1) is 11.8 Å². The highest BCUT2D eigenvalue weighted by Gasteiger charge is 2.36. The second-order valence-electron chi connectivity index (χ2n) is 7.83. The van der Waals surface area contributed by atoms with Gasteiger partial charge >= 0.3 is 0 Å². The lowest BCUT2D eigenvalue weighted by molar-refractivity contribution is -0.154. The molecule has 2 unspecified atom stereocenters. The first-order chi connectivity index (χ1) is 16.0. The van der Waals surface area contributed by atoms with E-state index in [2.05, 4.69) is 17.2 Å². The number of carbonyl (C=O) groups excluding carboxylic acids is 2. The Morgan fingerprint density at radius 1 is 1.27 bits per heavy atom. The van der Waals surface area contributed by atoms with Crippen molar-refractivity contribution < 1.29 is 19.1 Å². The first-order valence-electron chi connectivity index (χ1n) is 10.8. The number of fused-ring (bicyclic) bond motifs is 1. The van der Waals surface area contributed by atoms with Crippen LogP contribution < -0.4 is 9.62 Å². The molecule has 0 aromatic heterocycles. The molecule has 6 nitrogen and oxygen atoms in total. The minimum Gasteiger partial charge on any atom is -0.353 e. The predicted octanol–water partition coefficient (Wildman–Crippen LogP) is 4.20. The molecule has 1 amide bonds. The van der Waals surface area contributed by atoms with Crippen molar-refractivity contribution in [3.63, 3.8) is 0 Å². The molecule has 8 heteroatoms. The maximum absolute atomic E-state index is 13.1. The number of ketones is 1. The molecule has 172 valence electrons. The number of ether oxygens (including phenoxy) is 2. The van der Waals surface area contributed by atoms with Gasteiger partial charge in [-0.15, -0.1) is 0 Å². The van der Waals surface area contributed by atoms with Crippen LogP contribution >= 0.6 is 23.5 Å². The molecule has 2 aliphatic rings. The van der Waals surface area contributed by atoms with Crippen molar-refractivity contribution in [2.24, 2.45) is 0 Å². The van der Waals surface area contributed by atoms with Crippen LogP contribution in [0.2, 0.25) is 5.02 Å². The summed E-state index contributed by atoms with van der Waals surface area (Å²) < 4.78 is 13.0. The van der Waals surface area contributed by atoms with Crippen molar-refractivity contribution in [2.45, 2.75) is 37.3 Å². The zero-order valence-electron chi connectivity index (χ0n) is 18.3. The van der Waals surface area contributed by atoms with E-state index in [1.54, 1.807) is 18.2 Å². The maximum Gasteiger partial charge on any atom is 0.243 e. The van der Waals surface area contributed by atoms with Crippen LogP contribution in [0.25, 0.3) is 0 Å². The molecule has 1 N–H and O–H groups in total. The van der Waals surface area contributed by atoms with Crippen molar-refractivity contribution in [3.8, 4) is 11.8 Å². The lowest BCUT2D eigenvalue weighted by Gasteiger charge is -2.30. The maximum atomic E-state index is 13.1. The molecule has 0 radical (unpaired) electrons. The summed E-state index contributed by atoms with van der Waals surface area (Å²) >= 11 is 7.11. The van der Waals surface area contributed by atoms with E-state index in [-0.39, 0.29) is 24.6 Å². The smallest absolute Gasteiger partial charge is 0.243 e.